The van der Waals surface area contributed by atoms with Gasteiger partial charge in [0, 0.05) is 30.3 Å². The average molecular weight is 350 g/mol. The first kappa shape index (κ1) is 17.0. The number of nitrogens with zero attached hydrogens (tertiary/aromatic N) is 1. The molecular formula is C17H19FN2O3S. The summed E-state index contributed by atoms with van der Waals surface area (Å²) in [5.41, 5.74) is 0.325. The fourth-order valence-electron chi connectivity index (χ4n) is 3.07. The van der Waals surface area contributed by atoms with Gasteiger partial charge >= 0.3 is 0 Å². The van der Waals surface area contributed by atoms with E-state index in [0.717, 1.165) is 5.75 Å². The summed E-state index contributed by atoms with van der Waals surface area (Å²) in [6.45, 7) is 0.918. The molecule has 2 aliphatic rings. The molecular weight excluding hydrogens is 331 g/mol. The Morgan fingerprint density at radius 1 is 1.21 bits per heavy atom. The van der Waals surface area contributed by atoms with Crippen molar-refractivity contribution in [2.75, 3.05) is 18.8 Å². The van der Waals surface area contributed by atoms with Gasteiger partial charge in [-0.2, -0.15) is 0 Å². The second-order valence-corrected chi connectivity index (χ2v) is 7.19. The van der Waals surface area contributed by atoms with Crippen molar-refractivity contribution >= 4 is 28.7 Å². The number of thioether (sulfide) groups is 1. The largest absolute Gasteiger partial charge is 0.345 e. The maximum absolute atomic E-state index is 13.2. The zero-order valence-corrected chi connectivity index (χ0v) is 14.0. The molecule has 7 heteroatoms. The highest BCUT2D eigenvalue weighted by Crippen LogP contribution is 2.23. The molecule has 5 nitrogen and oxygen atoms in total. The highest BCUT2D eigenvalue weighted by molar-refractivity contribution is 8.14. The molecule has 0 aliphatic carbocycles. The van der Waals surface area contributed by atoms with Crippen LogP contribution in [0.1, 0.15) is 29.6 Å². The van der Waals surface area contributed by atoms with Crippen LogP contribution in [0.25, 0.3) is 0 Å². The predicted molar refractivity (Wildman–Crippen MR) is 89.0 cm³/mol. The SMILES string of the molecule is O=C(NC1CCSC1=O)C1CCN(C(=O)c2cccc(F)c2)CC1. The third-order valence-corrected chi connectivity index (χ3v) is 5.49. The maximum Gasteiger partial charge on any atom is 0.253 e. The Balaban J connectivity index is 1.52. The van der Waals surface area contributed by atoms with Gasteiger partial charge in [-0.1, -0.05) is 17.8 Å². The first-order chi connectivity index (χ1) is 11.5. The molecule has 0 radical (unpaired) electrons. The van der Waals surface area contributed by atoms with E-state index in [9.17, 15) is 18.8 Å². The van der Waals surface area contributed by atoms with Crippen molar-refractivity contribution in [2.45, 2.75) is 25.3 Å². The van der Waals surface area contributed by atoms with E-state index >= 15 is 0 Å². The Labute approximate surface area is 144 Å². The standard InChI is InChI=1S/C17H19FN2O3S/c18-13-3-1-2-12(10-13)16(22)20-7-4-11(5-8-20)15(21)19-14-6-9-24-17(14)23/h1-3,10-11,14H,4-9H2,(H,19,21). The lowest BCUT2D eigenvalue weighted by atomic mass is 9.95. The van der Waals surface area contributed by atoms with Gasteiger partial charge in [-0.05, 0) is 37.5 Å². The van der Waals surface area contributed by atoms with Crippen molar-refractivity contribution in [1.82, 2.24) is 10.2 Å². The number of hydrogen-bond acceptors (Lipinski definition) is 4. The molecule has 2 aliphatic heterocycles. The third kappa shape index (κ3) is 3.77. The van der Waals surface area contributed by atoms with E-state index in [-0.39, 0.29) is 28.9 Å². The van der Waals surface area contributed by atoms with Crippen LogP contribution in [0.5, 0.6) is 0 Å². The zero-order valence-electron chi connectivity index (χ0n) is 13.2. The summed E-state index contributed by atoms with van der Waals surface area (Å²) >= 11 is 1.26. The number of amides is 2. The van der Waals surface area contributed by atoms with Crippen LogP contribution in [0.2, 0.25) is 0 Å². The van der Waals surface area contributed by atoms with Crippen molar-refractivity contribution in [2.24, 2.45) is 5.92 Å². The van der Waals surface area contributed by atoms with Crippen LogP contribution in [0.15, 0.2) is 24.3 Å². The number of carbonyl (C=O) groups is 3. The van der Waals surface area contributed by atoms with Gasteiger partial charge in [0.05, 0.1) is 6.04 Å². The number of halogens is 1. The summed E-state index contributed by atoms with van der Waals surface area (Å²) in [5, 5.41) is 2.85. The van der Waals surface area contributed by atoms with Crippen molar-refractivity contribution in [3.05, 3.63) is 35.6 Å². The van der Waals surface area contributed by atoms with E-state index < -0.39 is 5.82 Å². The summed E-state index contributed by atoms with van der Waals surface area (Å²) in [4.78, 5) is 37.9. The summed E-state index contributed by atoms with van der Waals surface area (Å²) in [6, 6.07) is 5.27. The molecule has 0 saturated carbocycles. The van der Waals surface area contributed by atoms with Gasteiger partial charge in [0.15, 0.2) is 0 Å². The van der Waals surface area contributed by atoms with E-state index in [1.54, 1.807) is 11.0 Å². The molecule has 0 bridgehead atoms. The molecule has 1 unspecified atom stereocenters. The smallest absolute Gasteiger partial charge is 0.253 e. The van der Waals surface area contributed by atoms with Crippen molar-refractivity contribution in [1.29, 1.82) is 0 Å². The normalized spacial score (nSPS) is 21.8. The van der Waals surface area contributed by atoms with Crippen molar-refractivity contribution in [3.63, 3.8) is 0 Å². The Kier molecular flexibility index (Phi) is 5.18. The lowest BCUT2D eigenvalue weighted by molar-refractivity contribution is -0.129. The lowest BCUT2D eigenvalue weighted by Gasteiger charge is -2.31. The summed E-state index contributed by atoms with van der Waals surface area (Å²) in [5.74, 6) is -0.178. The third-order valence-electron chi connectivity index (χ3n) is 4.48. The average Bonchev–Trinajstić information content (AvgIpc) is 2.99. The monoisotopic (exact) mass is 350 g/mol. The molecule has 2 amide bonds. The molecule has 2 fully saturated rings. The number of nitrogens with one attached hydrogen (secondary N) is 1. The molecule has 1 aromatic carbocycles. The van der Waals surface area contributed by atoms with Crippen molar-refractivity contribution in [3.8, 4) is 0 Å². The minimum atomic E-state index is -0.436. The van der Waals surface area contributed by atoms with Gasteiger partial charge in [0.1, 0.15) is 5.82 Å². The van der Waals surface area contributed by atoms with Crippen LogP contribution in [0.4, 0.5) is 4.39 Å². The maximum atomic E-state index is 13.2. The number of rotatable bonds is 3. The molecule has 1 atom stereocenters. The highest BCUT2D eigenvalue weighted by atomic mass is 32.2. The van der Waals surface area contributed by atoms with Crippen LogP contribution >= 0.6 is 11.8 Å². The van der Waals surface area contributed by atoms with Gasteiger partial charge in [-0.25, -0.2) is 4.39 Å². The second kappa shape index (κ2) is 7.34. The molecule has 128 valence electrons. The number of hydrogen-bond donors (Lipinski definition) is 1. The molecule has 0 spiro atoms. The van der Waals surface area contributed by atoms with Crippen LogP contribution in [0, 0.1) is 11.7 Å². The molecule has 1 N–H and O–H groups in total. The van der Waals surface area contributed by atoms with Crippen LogP contribution in [-0.4, -0.2) is 46.7 Å². The van der Waals surface area contributed by atoms with Gasteiger partial charge < -0.3 is 10.2 Å². The van der Waals surface area contributed by atoms with E-state index in [2.05, 4.69) is 5.32 Å². The van der Waals surface area contributed by atoms with Crippen LogP contribution in [-0.2, 0) is 9.59 Å². The van der Waals surface area contributed by atoms with Crippen LogP contribution < -0.4 is 5.32 Å². The number of piperidine rings is 1. The second-order valence-electron chi connectivity index (χ2n) is 6.09. The topological polar surface area (TPSA) is 66.5 Å². The Bertz CT molecular complexity index is 659. The summed E-state index contributed by atoms with van der Waals surface area (Å²) < 4.78 is 13.2. The Morgan fingerprint density at radius 3 is 2.58 bits per heavy atom. The van der Waals surface area contributed by atoms with E-state index in [4.69, 9.17) is 0 Å². The van der Waals surface area contributed by atoms with Gasteiger partial charge in [-0.3, -0.25) is 14.4 Å². The zero-order chi connectivity index (χ0) is 17.1. The van der Waals surface area contributed by atoms with E-state index in [1.807, 2.05) is 0 Å². The molecule has 3 rings (SSSR count). The van der Waals surface area contributed by atoms with E-state index in [0.29, 0.717) is 37.9 Å². The minimum absolute atomic E-state index is 0.0297. The number of benzene rings is 1. The molecule has 0 aromatic heterocycles. The molecule has 24 heavy (non-hydrogen) atoms. The Morgan fingerprint density at radius 2 is 1.96 bits per heavy atom. The Hall–Kier alpha value is -1.89. The molecule has 2 saturated heterocycles. The van der Waals surface area contributed by atoms with Crippen molar-refractivity contribution < 1.29 is 18.8 Å². The minimum Gasteiger partial charge on any atom is -0.345 e. The summed E-state index contributed by atoms with van der Waals surface area (Å²) in [6.07, 6.45) is 1.80. The molecule has 1 aromatic rings. The summed E-state index contributed by atoms with van der Waals surface area (Å²) in [7, 11) is 0. The molecule has 2 heterocycles. The fourth-order valence-corrected chi connectivity index (χ4v) is 4.00. The number of carbonyl (C=O) groups excluding carboxylic acids is 3. The van der Waals surface area contributed by atoms with Gasteiger partial charge in [0.2, 0.25) is 11.0 Å². The van der Waals surface area contributed by atoms with E-state index in [1.165, 1.54) is 30.0 Å². The van der Waals surface area contributed by atoms with Gasteiger partial charge in [-0.15, -0.1) is 0 Å². The highest BCUT2D eigenvalue weighted by Gasteiger charge is 2.32. The quantitative estimate of drug-likeness (QED) is 0.903. The lowest BCUT2D eigenvalue weighted by Crippen LogP contribution is -2.46. The first-order valence-electron chi connectivity index (χ1n) is 8.06. The number of likely N-dealkylation sites (tertiary alicyclic amines) is 1. The predicted octanol–water partition coefficient (Wildman–Crippen LogP) is 1.83. The van der Waals surface area contributed by atoms with Crippen LogP contribution in [0.3, 0.4) is 0 Å². The van der Waals surface area contributed by atoms with Gasteiger partial charge in [0.25, 0.3) is 5.91 Å². The fraction of sp³-hybridized carbons (Fsp3) is 0.471. The first-order valence-corrected chi connectivity index (χ1v) is 9.05.